The molecule has 2 N–H and O–H groups in total. The van der Waals surface area contributed by atoms with Crippen LogP contribution in [0.25, 0.3) is 0 Å². The Labute approximate surface area is 123 Å². The fourth-order valence-corrected chi connectivity index (χ4v) is 1.63. The van der Waals surface area contributed by atoms with Gasteiger partial charge in [0.05, 0.1) is 6.61 Å². The summed E-state index contributed by atoms with van der Waals surface area (Å²) in [5.41, 5.74) is 7.20. The van der Waals surface area contributed by atoms with Crippen LogP contribution in [0, 0.1) is 0 Å². The molecule has 0 radical (unpaired) electrons. The molecule has 0 heterocycles. The highest BCUT2D eigenvalue weighted by atomic mass is 16.7. The minimum absolute atomic E-state index is 0.103. The summed E-state index contributed by atoms with van der Waals surface area (Å²) in [5.74, 6) is 0.0302. The largest absolute Gasteiger partial charge is 0.482 e. The quantitative estimate of drug-likeness (QED) is 0.366. The zero-order chi connectivity index (χ0) is 14.9. The van der Waals surface area contributed by atoms with Crippen LogP contribution in [0.2, 0.25) is 0 Å². The summed E-state index contributed by atoms with van der Waals surface area (Å²) in [6, 6.07) is 16.5. The predicted molar refractivity (Wildman–Crippen MR) is 78.5 cm³/mol. The van der Waals surface area contributed by atoms with Crippen molar-refractivity contribution in [1.29, 1.82) is 0 Å². The molecule has 0 saturated carbocycles. The van der Waals surface area contributed by atoms with Crippen molar-refractivity contribution in [2.45, 2.75) is 6.61 Å². The van der Waals surface area contributed by atoms with Gasteiger partial charge in [0.15, 0.2) is 13.4 Å². The van der Waals surface area contributed by atoms with E-state index < -0.39 is 5.97 Å². The summed E-state index contributed by atoms with van der Waals surface area (Å²) >= 11 is 0. The number of benzene rings is 2. The first-order valence-corrected chi connectivity index (χ1v) is 6.49. The van der Waals surface area contributed by atoms with Crippen LogP contribution in [0.5, 0.6) is 5.75 Å². The molecule has 0 saturated heterocycles. The maximum Gasteiger partial charge on any atom is 0.346 e. The second kappa shape index (κ2) is 7.91. The summed E-state index contributed by atoms with van der Waals surface area (Å²) in [5, 5.41) is 0. The van der Waals surface area contributed by atoms with Gasteiger partial charge >= 0.3 is 5.97 Å². The van der Waals surface area contributed by atoms with E-state index >= 15 is 0 Å². The normalized spacial score (nSPS) is 10.1. The summed E-state index contributed by atoms with van der Waals surface area (Å²) in [6.07, 6.45) is 0. The number of rotatable bonds is 7. The number of nitrogens with two attached hydrogens (primary N) is 1. The Hall–Kier alpha value is -2.53. The average molecular weight is 287 g/mol. The number of esters is 1. The van der Waals surface area contributed by atoms with E-state index in [-0.39, 0.29) is 13.4 Å². The van der Waals surface area contributed by atoms with Crippen LogP contribution < -0.4 is 10.5 Å². The number of anilines is 1. The van der Waals surface area contributed by atoms with Crippen molar-refractivity contribution in [1.82, 2.24) is 0 Å². The van der Waals surface area contributed by atoms with E-state index in [2.05, 4.69) is 0 Å². The molecular formula is C16H17NO4. The molecule has 5 nitrogen and oxygen atoms in total. The smallest absolute Gasteiger partial charge is 0.346 e. The van der Waals surface area contributed by atoms with Gasteiger partial charge in [-0.05, 0) is 17.7 Å². The van der Waals surface area contributed by atoms with E-state index in [9.17, 15) is 4.79 Å². The van der Waals surface area contributed by atoms with E-state index in [0.29, 0.717) is 18.0 Å². The third-order valence-corrected chi connectivity index (χ3v) is 2.63. The number of carbonyl (C=O) groups is 1. The molecule has 0 aliphatic rings. The Morgan fingerprint density at radius 2 is 1.86 bits per heavy atom. The minimum atomic E-state index is -0.495. The fraction of sp³-hybridized carbons (Fsp3) is 0.188. The molecule has 0 aliphatic heterocycles. The molecule has 2 aromatic carbocycles. The topological polar surface area (TPSA) is 70.8 Å². The molecule has 2 aromatic rings. The monoisotopic (exact) mass is 287 g/mol. The summed E-state index contributed by atoms with van der Waals surface area (Å²) in [6.45, 7) is 0.108. The lowest BCUT2D eigenvalue weighted by atomic mass is 10.2. The SMILES string of the molecule is Nc1cccc(OCC(=O)OCOCc2ccccc2)c1. The van der Waals surface area contributed by atoms with Crippen LogP contribution in [-0.4, -0.2) is 19.4 Å². The molecule has 0 bridgehead atoms. The summed E-state index contributed by atoms with van der Waals surface area (Å²) < 4.78 is 15.4. The second-order valence-electron chi connectivity index (χ2n) is 4.33. The zero-order valence-corrected chi connectivity index (χ0v) is 11.5. The van der Waals surface area contributed by atoms with E-state index in [4.69, 9.17) is 19.9 Å². The van der Waals surface area contributed by atoms with Crippen molar-refractivity contribution in [3.63, 3.8) is 0 Å². The van der Waals surface area contributed by atoms with E-state index in [0.717, 1.165) is 5.56 Å². The third-order valence-electron chi connectivity index (χ3n) is 2.63. The van der Waals surface area contributed by atoms with Crippen LogP contribution in [0.1, 0.15) is 5.56 Å². The number of carbonyl (C=O) groups excluding carboxylic acids is 1. The van der Waals surface area contributed by atoms with Gasteiger partial charge in [-0.3, -0.25) is 0 Å². The van der Waals surface area contributed by atoms with E-state index in [1.54, 1.807) is 24.3 Å². The number of hydrogen-bond acceptors (Lipinski definition) is 5. The highest BCUT2D eigenvalue weighted by molar-refractivity contribution is 5.71. The molecular weight excluding hydrogens is 270 g/mol. The van der Waals surface area contributed by atoms with Gasteiger partial charge < -0.3 is 19.9 Å². The van der Waals surface area contributed by atoms with E-state index in [1.807, 2.05) is 30.3 Å². The lowest BCUT2D eigenvalue weighted by molar-refractivity contribution is -0.159. The van der Waals surface area contributed by atoms with Crippen LogP contribution in [-0.2, 0) is 20.9 Å². The molecule has 0 aromatic heterocycles. The van der Waals surface area contributed by atoms with Gasteiger partial charge in [-0.25, -0.2) is 4.79 Å². The Bertz CT molecular complexity index is 571. The van der Waals surface area contributed by atoms with Gasteiger partial charge in [-0.15, -0.1) is 0 Å². The first-order valence-electron chi connectivity index (χ1n) is 6.49. The molecule has 0 amide bonds. The van der Waals surface area contributed by atoms with Crippen molar-refractivity contribution in [2.75, 3.05) is 19.1 Å². The standard InChI is InChI=1S/C16H17NO4/c17-14-7-4-8-15(9-14)20-11-16(18)21-12-19-10-13-5-2-1-3-6-13/h1-9H,10-12,17H2. The molecule has 110 valence electrons. The number of hydrogen-bond donors (Lipinski definition) is 1. The van der Waals surface area contributed by atoms with Crippen LogP contribution >= 0.6 is 0 Å². The molecule has 0 atom stereocenters. The van der Waals surface area contributed by atoms with Crippen molar-refractivity contribution < 1.29 is 19.0 Å². The Kier molecular flexibility index (Phi) is 5.60. The number of ether oxygens (including phenoxy) is 3. The van der Waals surface area contributed by atoms with Crippen molar-refractivity contribution in [3.05, 3.63) is 60.2 Å². The first kappa shape index (κ1) is 14.9. The van der Waals surface area contributed by atoms with Crippen molar-refractivity contribution >= 4 is 11.7 Å². The number of nitrogen functional groups attached to an aromatic ring is 1. The van der Waals surface area contributed by atoms with Gasteiger partial charge in [0.1, 0.15) is 5.75 Å². The molecule has 0 fully saturated rings. The Morgan fingerprint density at radius 3 is 2.62 bits per heavy atom. The van der Waals surface area contributed by atoms with Crippen molar-refractivity contribution in [2.24, 2.45) is 0 Å². The molecule has 2 rings (SSSR count). The zero-order valence-electron chi connectivity index (χ0n) is 11.5. The predicted octanol–water partition coefficient (Wildman–Crippen LogP) is 2.37. The van der Waals surface area contributed by atoms with Gasteiger partial charge in [-0.1, -0.05) is 36.4 Å². The fourth-order valence-electron chi connectivity index (χ4n) is 1.63. The summed E-state index contributed by atoms with van der Waals surface area (Å²) in [7, 11) is 0. The molecule has 0 spiro atoms. The minimum Gasteiger partial charge on any atom is -0.482 e. The average Bonchev–Trinajstić information content (AvgIpc) is 2.51. The van der Waals surface area contributed by atoms with Gasteiger partial charge in [0, 0.05) is 11.8 Å². The van der Waals surface area contributed by atoms with Crippen LogP contribution in [0.15, 0.2) is 54.6 Å². The highest BCUT2D eigenvalue weighted by Crippen LogP contribution is 2.14. The van der Waals surface area contributed by atoms with Gasteiger partial charge in [0.2, 0.25) is 0 Å². The first-order chi connectivity index (χ1) is 10.2. The lowest BCUT2D eigenvalue weighted by Gasteiger charge is -2.08. The molecule has 0 aliphatic carbocycles. The van der Waals surface area contributed by atoms with Gasteiger partial charge in [0.25, 0.3) is 0 Å². The molecule has 5 heteroatoms. The second-order valence-corrected chi connectivity index (χ2v) is 4.33. The van der Waals surface area contributed by atoms with E-state index in [1.165, 1.54) is 0 Å². The highest BCUT2D eigenvalue weighted by Gasteiger charge is 2.04. The maximum atomic E-state index is 11.5. The van der Waals surface area contributed by atoms with Crippen LogP contribution in [0.4, 0.5) is 5.69 Å². The lowest BCUT2D eigenvalue weighted by Crippen LogP contribution is -2.16. The Balaban J connectivity index is 1.62. The summed E-state index contributed by atoms with van der Waals surface area (Å²) in [4.78, 5) is 11.5. The molecule has 21 heavy (non-hydrogen) atoms. The Morgan fingerprint density at radius 1 is 1.05 bits per heavy atom. The maximum absolute atomic E-state index is 11.5. The van der Waals surface area contributed by atoms with Gasteiger partial charge in [-0.2, -0.15) is 0 Å². The van der Waals surface area contributed by atoms with Crippen molar-refractivity contribution in [3.8, 4) is 5.75 Å². The van der Waals surface area contributed by atoms with Crippen LogP contribution in [0.3, 0.4) is 0 Å². The third kappa shape index (κ3) is 5.54. The molecule has 0 unspecified atom stereocenters.